The van der Waals surface area contributed by atoms with Gasteiger partial charge in [0.2, 0.25) is 5.91 Å². The van der Waals surface area contributed by atoms with Gasteiger partial charge in [-0.25, -0.2) is 0 Å². The minimum absolute atomic E-state index is 0.0170. The number of nitrogens with zero attached hydrogens (tertiary/aromatic N) is 1. The minimum atomic E-state index is -0.0170. The smallest absolute Gasteiger partial charge is 0.238 e. The van der Waals surface area contributed by atoms with E-state index in [0.717, 1.165) is 31.9 Å². The molecule has 0 atom stereocenters. The summed E-state index contributed by atoms with van der Waals surface area (Å²) < 4.78 is 5.10. The summed E-state index contributed by atoms with van der Waals surface area (Å²) in [6, 6.07) is 6.12. The first-order chi connectivity index (χ1) is 9.22. The number of likely N-dealkylation sites (N-methyl/N-ethyl adjacent to an activating group) is 1. The van der Waals surface area contributed by atoms with E-state index in [1.54, 1.807) is 14.2 Å². The van der Waals surface area contributed by atoms with Gasteiger partial charge in [0.05, 0.1) is 13.2 Å². The molecule has 1 aromatic rings. The molecule has 0 spiro atoms. The van der Waals surface area contributed by atoms with Gasteiger partial charge in [0, 0.05) is 32.4 Å². The van der Waals surface area contributed by atoms with Gasteiger partial charge in [-0.3, -0.25) is 9.69 Å². The summed E-state index contributed by atoms with van der Waals surface area (Å²) >= 11 is 0. The average molecular weight is 263 g/mol. The summed E-state index contributed by atoms with van der Waals surface area (Å²) in [6.45, 7) is 3.90. The molecule has 19 heavy (non-hydrogen) atoms. The Morgan fingerprint density at radius 1 is 1.37 bits per heavy atom. The molecule has 0 bridgehead atoms. The number of amides is 1. The standard InChI is InChI=1S/C14H21N3O2/c1-15-8-14(18)16-13-4-3-11-9-17(5-6-19-2)10-12(11)7-13/h3-4,7,15H,5-6,8-10H2,1-2H3,(H,16,18). The van der Waals surface area contributed by atoms with Crippen LogP contribution in [-0.4, -0.2) is 44.7 Å². The van der Waals surface area contributed by atoms with Gasteiger partial charge < -0.3 is 15.4 Å². The number of anilines is 1. The predicted molar refractivity (Wildman–Crippen MR) is 75.0 cm³/mol. The monoisotopic (exact) mass is 263 g/mol. The molecule has 1 aliphatic rings. The summed E-state index contributed by atoms with van der Waals surface area (Å²) in [6.07, 6.45) is 0. The second-order valence-electron chi connectivity index (χ2n) is 4.77. The largest absolute Gasteiger partial charge is 0.383 e. The first-order valence-electron chi connectivity index (χ1n) is 6.50. The number of fused-ring (bicyclic) bond motifs is 1. The number of hydrogen-bond acceptors (Lipinski definition) is 4. The van der Waals surface area contributed by atoms with Crippen molar-refractivity contribution in [2.45, 2.75) is 13.1 Å². The number of carbonyl (C=O) groups is 1. The predicted octanol–water partition coefficient (Wildman–Crippen LogP) is 0.806. The number of rotatable bonds is 6. The first kappa shape index (κ1) is 14.0. The molecule has 0 aliphatic carbocycles. The van der Waals surface area contributed by atoms with Crippen LogP contribution in [0.5, 0.6) is 0 Å². The highest BCUT2D eigenvalue weighted by Crippen LogP contribution is 2.25. The summed E-state index contributed by atoms with van der Waals surface area (Å²) in [5.74, 6) is -0.0170. The molecule has 1 aromatic carbocycles. The zero-order chi connectivity index (χ0) is 13.7. The molecule has 0 saturated heterocycles. The van der Waals surface area contributed by atoms with E-state index in [0.29, 0.717) is 6.54 Å². The first-order valence-corrected chi connectivity index (χ1v) is 6.50. The number of methoxy groups -OCH3 is 1. The number of nitrogens with one attached hydrogen (secondary N) is 2. The molecule has 1 amide bonds. The number of carbonyl (C=O) groups excluding carboxylic acids is 1. The summed E-state index contributed by atoms with van der Waals surface area (Å²) in [5, 5.41) is 5.72. The van der Waals surface area contributed by atoms with Gasteiger partial charge in [-0.2, -0.15) is 0 Å². The lowest BCUT2D eigenvalue weighted by molar-refractivity contribution is -0.115. The lowest BCUT2D eigenvalue weighted by Gasteiger charge is -2.13. The zero-order valence-corrected chi connectivity index (χ0v) is 11.5. The van der Waals surface area contributed by atoms with Crippen LogP contribution in [0.2, 0.25) is 0 Å². The summed E-state index contributed by atoms with van der Waals surface area (Å²) in [4.78, 5) is 13.9. The van der Waals surface area contributed by atoms with Crippen LogP contribution in [0.15, 0.2) is 18.2 Å². The van der Waals surface area contributed by atoms with Crippen molar-refractivity contribution >= 4 is 11.6 Å². The molecule has 5 heteroatoms. The van der Waals surface area contributed by atoms with Gasteiger partial charge in [-0.05, 0) is 30.3 Å². The van der Waals surface area contributed by atoms with E-state index in [1.807, 2.05) is 6.07 Å². The molecule has 2 N–H and O–H groups in total. The zero-order valence-electron chi connectivity index (χ0n) is 11.5. The molecular weight excluding hydrogens is 242 g/mol. The number of benzene rings is 1. The average Bonchev–Trinajstić information content (AvgIpc) is 2.78. The molecule has 1 aliphatic heterocycles. The maximum atomic E-state index is 11.5. The van der Waals surface area contributed by atoms with Crippen LogP contribution in [0, 0.1) is 0 Å². The van der Waals surface area contributed by atoms with Crippen LogP contribution in [0.4, 0.5) is 5.69 Å². The fourth-order valence-corrected chi connectivity index (χ4v) is 2.29. The number of hydrogen-bond donors (Lipinski definition) is 2. The summed E-state index contributed by atoms with van der Waals surface area (Å²) in [7, 11) is 3.48. The molecule has 1 heterocycles. The summed E-state index contributed by atoms with van der Waals surface area (Å²) in [5.41, 5.74) is 3.49. The second-order valence-corrected chi connectivity index (χ2v) is 4.77. The Bertz CT molecular complexity index is 448. The van der Waals surface area contributed by atoms with Crippen molar-refractivity contribution in [3.05, 3.63) is 29.3 Å². The van der Waals surface area contributed by atoms with Gasteiger partial charge in [0.1, 0.15) is 0 Å². The van der Waals surface area contributed by atoms with Crippen molar-refractivity contribution < 1.29 is 9.53 Å². The van der Waals surface area contributed by atoms with Crippen LogP contribution in [0.25, 0.3) is 0 Å². The highest BCUT2D eigenvalue weighted by molar-refractivity contribution is 5.92. The van der Waals surface area contributed by atoms with Crippen LogP contribution < -0.4 is 10.6 Å². The molecular formula is C14H21N3O2. The van der Waals surface area contributed by atoms with E-state index in [2.05, 4.69) is 27.7 Å². The Morgan fingerprint density at radius 2 is 2.16 bits per heavy atom. The molecule has 0 unspecified atom stereocenters. The van der Waals surface area contributed by atoms with Crippen LogP contribution in [0.1, 0.15) is 11.1 Å². The Kier molecular flexibility index (Phi) is 4.90. The fourth-order valence-electron chi connectivity index (χ4n) is 2.29. The van der Waals surface area contributed by atoms with E-state index in [-0.39, 0.29) is 5.91 Å². The normalized spacial score (nSPS) is 14.4. The maximum absolute atomic E-state index is 11.5. The van der Waals surface area contributed by atoms with Gasteiger partial charge in [-0.15, -0.1) is 0 Å². The Balaban J connectivity index is 1.96. The molecule has 0 saturated carbocycles. The van der Waals surface area contributed by atoms with Gasteiger partial charge in [0.25, 0.3) is 0 Å². The Hall–Kier alpha value is -1.43. The fraction of sp³-hybridized carbons (Fsp3) is 0.500. The van der Waals surface area contributed by atoms with Gasteiger partial charge in [0.15, 0.2) is 0 Å². The highest BCUT2D eigenvalue weighted by atomic mass is 16.5. The van der Waals surface area contributed by atoms with E-state index >= 15 is 0 Å². The van der Waals surface area contributed by atoms with Crippen LogP contribution in [0.3, 0.4) is 0 Å². The van der Waals surface area contributed by atoms with E-state index in [9.17, 15) is 4.79 Å². The van der Waals surface area contributed by atoms with Crippen LogP contribution >= 0.6 is 0 Å². The van der Waals surface area contributed by atoms with Crippen molar-refractivity contribution in [2.75, 3.05) is 39.2 Å². The SMILES string of the molecule is CNCC(=O)Nc1ccc2c(c1)CN(CCOC)C2. The van der Waals surface area contributed by atoms with Crippen LogP contribution in [-0.2, 0) is 22.6 Å². The third-order valence-electron chi connectivity index (χ3n) is 3.23. The third kappa shape index (κ3) is 3.76. The van der Waals surface area contributed by atoms with Crippen molar-refractivity contribution in [1.29, 1.82) is 0 Å². The highest BCUT2D eigenvalue weighted by Gasteiger charge is 2.18. The minimum Gasteiger partial charge on any atom is -0.383 e. The van der Waals surface area contributed by atoms with E-state index < -0.39 is 0 Å². The topological polar surface area (TPSA) is 53.6 Å². The molecule has 2 rings (SSSR count). The lowest BCUT2D eigenvalue weighted by atomic mass is 10.1. The molecule has 104 valence electrons. The Labute approximate surface area is 113 Å². The van der Waals surface area contributed by atoms with E-state index in [1.165, 1.54) is 11.1 Å². The van der Waals surface area contributed by atoms with Crippen molar-refractivity contribution in [3.63, 3.8) is 0 Å². The molecule has 0 radical (unpaired) electrons. The Morgan fingerprint density at radius 3 is 2.89 bits per heavy atom. The number of ether oxygens (including phenoxy) is 1. The molecule has 0 fully saturated rings. The third-order valence-corrected chi connectivity index (χ3v) is 3.23. The van der Waals surface area contributed by atoms with Crippen molar-refractivity contribution in [3.8, 4) is 0 Å². The molecule has 5 nitrogen and oxygen atoms in total. The lowest BCUT2D eigenvalue weighted by Crippen LogP contribution is -2.25. The van der Waals surface area contributed by atoms with Crippen molar-refractivity contribution in [1.82, 2.24) is 10.2 Å². The maximum Gasteiger partial charge on any atom is 0.238 e. The second kappa shape index (κ2) is 6.65. The van der Waals surface area contributed by atoms with Crippen molar-refractivity contribution in [2.24, 2.45) is 0 Å². The van der Waals surface area contributed by atoms with Gasteiger partial charge >= 0.3 is 0 Å². The molecule has 0 aromatic heterocycles. The van der Waals surface area contributed by atoms with Gasteiger partial charge in [-0.1, -0.05) is 6.07 Å². The van der Waals surface area contributed by atoms with E-state index in [4.69, 9.17) is 4.74 Å². The quantitative estimate of drug-likeness (QED) is 0.797.